The van der Waals surface area contributed by atoms with Gasteiger partial charge in [-0.25, -0.2) is 14.6 Å². The topological polar surface area (TPSA) is 72.7 Å². The van der Waals surface area contributed by atoms with E-state index in [-0.39, 0.29) is 5.91 Å². The first-order valence-corrected chi connectivity index (χ1v) is 7.35. The van der Waals surface area contributed by atoms with Crippen molar-refractivity contribution in [3.63, 3.8) is 0 Å². The van der Waals surface area contributed by atoms with Gasteiger partial charge in [-0.1, -0.05) is 28.1 Å². The Labute approximate surface area is 135 Å². The molecule has 7 heteroatoms. The lowest BCUT2D eigenvalue weighted by atomic mass is 10.2. The van der Waals surface area contributed by atoms with Crippen LogP contribution >= 0.6 is 15.9 Å². The molecule has 110 valence electrons. The second kappa shape index (κ2) is 6.48. The fourth-order valence-electron chi connectivity index (χ4n) is 1.94. The van der Waals surface area contributed by atoms with E-state index in [1.54, 1.807) is 18.3 Å². The van der Waals surface area contributed by atoms with Crippen molar-refractivity contribution in [2.45, 2.75) is 6.54 Å². The van der Waals surface area contributed by atoms with E-state index in [0.29, 0.717) is 17.9 Å². The van der Waals surface area contributed by atoms with Gasteiger partial charge in [0.25, 0.3) is 5.91 Å². The lowest BCUT2D eigenvalue weighted by Crippen LogP contribution is -2.23. The number of nitrogens with one attached hydrogen (secondary N) is 1. The second-order valence-corrected chi connectivity index (χ2v) is 5.47. The first-order chi connectivity index (χ1) is 10.7. The van der Waals surface area contributed by atoms with E-state index in [1.165, 1.54) is 17.3 Å². The Bertz CT molecular complexity index is 788. The van der Waals surface area contributed by atoms with Crippen LogP contribution in [0.15, 0.2) is 59.7 Å². The van der Waals surface area contributed by atoms with Crippen LogP contribution in [0.1, 0.15) is 15.9 Å². The van der Waals surface area contributed by atoms with Gasteiger partial charge in [0, 0.05) is 22.8 Å². The minimum Gasteiger partial charge on any atom is -0.348 e. The summed E-state index contributed by atoms with van der Waals surface area (Å²) < 4.78 is 2.49. The van der Waals surface area contributed by atoms with Gasteiger partial charge in [-0.05, 0) is 29.8 Å². The third kappa shape index (κ3) is 3.37. The summed E-state index contributed by atoms with van der Waals surface area (Å²) in [6.45, 7) is 0.458. The van der Waals surface area contributed by atoms with Crippen LogP contribution in [-0.2, 0) is 6.54 Å². The molecular weight excluding hydrogens is 346 g/mol. The van der Waals surface area contributed by atoms with E-state index in [1.807, 2.05) is 24.3 Å². The molecule has 0 saturated heterocycles. The number of nitrogens with zero attached hydrogens (tertiary/aromatic N) is 4. The fraction of sp³-hybridized carbons (Fsp3) is 0.0667. The number of pyridine rings is 1. The number of hydrogen-bond donors (Lipinski definition) is 1. The van der Waals surface area contributed by atoms with Gasteiger partial charge in [0.1, 0.15) is 12.7 Å². The van der Waals surface area contributed by atoms with Crippen LogP contribution in [-0.4, -0.2) is 25.7 Å². The zero-order valence-electron chi connectivity index (χ0n) is 11.5. The minimum atomic E-state index is -0.163. The molecular formula is C15H12BrN5O. The summed E-state index contributed by atoms with van der Waals surface area (Å²) in [7, 11) is 0. The molecule has 0 aliphatic rings. The Morgan fingerprint density at radius 3 is 2.95 bits per heavy atom. The van der Waals surface area contributed by atoms with Gasteiger partial charge < -0.3 is 5.32 Å². The third-order valence-electron chi connectivity index (χ3n) is 3.00. The quantitative estimate of drug-likeness (QED) is 0.777. The summed E-state index contributed by atoms with van der Waals surface area (Å²) >= 11 is 3.41. The van der Waals surface area contributed by atoms with Crippen LogP contribution in [0.3, 0.4) is 0 Å². The second-order valence-electron chi connectivity index (χ2n) is 4.56. The van der Waals surface area contributed by atoms with E-state index < -0.39 is 0 Å². The van der Waals surface area contributed by atoms with Crippen LogP contribution in [0.2, 0.25) is 0 Å². The zero-order valence-corrected chi connectivity index (χ0v) is 13.1. The van der Waals surface area contributed by atoms with Crippen LogP contribution < -0.4 is 5.32 Å². The van der Waals surface area contributed by atoms with Gasteiger partial charge >= 0.3 is 0 Å². The normalized spacial score (nSPS) is 10.4. The highest BCUT2D eigenvalue weighted by molar-refractivity contribution is 9.10. The number of benzene rings is 1. The largest absolute Gasteiger partial charge is 0.348 e. The molecule has 0 aliphatic heterocycles. The van der Waals surface area contributed by atoms with E-state index in [4.69, 9.17) is 0 Å². The molecule has 22 heavy (non-hydrogen) atoms. The van der Waals surface area contributed by atoms with Gasteiger partial charge in [0.15, 0.2) is 5.82 Å². The van der Waals surface area contributed by atoms with E-state index in [9.17, 15) is 4.79 Å². The van der Waals surface area contributed by atoms with Crippen LogP contribution in [0.25, 0.3) is 5.82 Å². The standard InChI is InChI=1S/C15H12BrN5O/c16-13-3-1-2-11(6-13)8-19-15(22)12-4-5-18-14(7-12)21-10-17-9-20-21/h1-7,9-10H,8H2,(H,19,22). The van der Waals surface area contributed by atoms with E-state index in [2.05, 4.69) is 36.3 Å². The van der Waals surface area contributed by atoms with Crippen LogP contribution in [0, 0.1) is 0 Å². The summed E-state index contributed by atoms with van der Waals surface area (Å²) in [4.78, 5) is 20.3. The molecule has 0 aliphatic carbocycles. The Hall–Kier alpha value is -2.54. The molecule has 0 bridgehead atoms. The number of aromatic nitrogens is 4. The fourth-order valence-corrected chi connectivity index (χ4v) is 2.39. The summed E-state index contributed by atoms with van der Waals surface area (Å²) in [5, 5.41) is 6.88. The molecule has 2 heterocycles. The maximum Gasteiger partial charge on any atom is 0.251 e. The molecule has 1 N–H and O–H groups in total. The van der Waals surface area contributed by atoms with Crippen molar-refractivity contribution in [1.82, 2.24) is 25.1 Å². The monoisotopic (exact) mass is 357 g/mol. The van der Waals surface area contributed by atoms with Gasteiger partial charge in [-0.2, -0.15) is 5.10 Å². The minimum absolute atomic E-state index is 0.163. The molecule has 1 aromatic carbocycles. The Morgan fingerprint density at radius 1 is 1.27 bits per heavy atom. The van der Waals surface area contributed by atoms with E-state index in [0.717, 1.165) is 10.0 Å². The molecule has 0 radical (unpaired) electrons. The Morgan fingerprint density at radius 2 is 2.18 bits per heavy atom. The number of carbonyl (C=O) groups excluding carboxylic acids is 1. The maximum absolute atomic E-state index is 12.2. The summed E-state index contributed by atoms with van der Waals surface area (Å²) in [6.07, 6.45) is 4.53. The molecule has 0 atom stereocenters. The number of carbonyl (C=O) groups is 1. The van der Waals surface area contributed by atoms with Crippen molar-refractivity contribution in [2.24, 2.45) is 0 Å². The number of amides is 1. The smallest absolute Gasteiger partial charge is 0.251 e. The SMILES string of the molecule is O=C(NCc1cccc(Br)c1)c1ccnc(-n2cncn2)c1. The van der Waals surface area contributed by atoms with Crippen molar-refractivity contribution in [3.8, 4) is 5.82 Å². The first kappa shape index (κ1) is 14.4. The van der Waals surface area contributed by atoms with Crippen LogP contribution in [0.5, 0.6) is 0 Å². The predicted octanol–water partition coefficient (Wildman–Crippen LogP) is 2.35. The Kier molecular flexibility index (Phi) is 4.24. The van der Waals surface area contributed by atoms with Crippen molar-refractivity contribution in [1.29, 1.82) is 0 Å². The maximum atomic E-state index is 12.2. The first-order valence-electron chi connectivity index (χ1n) is 6.56. The van der Waals surface area contributed by atoms with Gasteiger partial charge in [-0.3, -0.25) is 4.79 Å². The average molecular weight is 358 g/mol. The number of hydrogen-bond acceptors (Lipinski definition) is 4. The molecule has 1 amide bonds. The zero-order chi connectivity index (χ0) is 15.4. The van der Waals surface area contributed by atoms with Crippen molar-refractivity contribution >= 4 is 21.8 Å². The molecule has 0 saturated carbocycles. The molecule has 3 rings (SSSR count). The summed E-state index contributed by atoms with van der Waals surface area (Å²) in [5.74, 6) is 0.386. The molecule has 6 nitrogen and oxygen atoms in total. The highest BCUT2D eigenvalue weighted by atomic mass is 79.9. The third-order valence-corrected chi connectivity index (χ3v) is 3.50. The highest BCUT2D eigenvalue weighted by Gasteiger charge is 2.08. The van der Waals surface area contributed by atoms with Crippen LogP contribution in [0.4, 0.5) is 0 Å². The lowest BCUT2D eigenvalue weighted by molar-refractivity contribution is 0.0950. The summed E-state index contributed by atoms with van der Waals surface area (Å²) in [5.41, 5.74) is 1.55. The molecule has 0 unspecified atom stereocenters. The van der Waals surface area contributed by atoms with E-state index >= 15 is 0 Å². The van der Waals surface area contributed by atoms with Gasteiger partial charge in [0.05, 0.1) is 0 Å². The molecule has 3 aromatic rings. The van der Waals surface area contributed by atoms with Gasteiger partial charge in [-0.15, -0.1) is 0 Å². The highest BCUT2D eigenvalue weighted by Crippen LogP contribution is 2.12. The van der Waals surface area contributed by atoms with Gasteiger partial charge in [0.2, 0.25) is 0 Å². The average Bonchev–Trinajstić information content (AvgIpc) is 3.07. The van der Waals surface area contributed by atoms with Crippen molar-refractivity contribution in [2.75, 3.05) is 0 Å². The molecule has 0 spiro atoms. The summed E-state index contributed by atoms with van der Waals surface area (Å²) in [6, 6.07) is 11.1. The predicted molar refractivity (Wildman–Crippen MR) is 84.5 cm³/mol. The molecule has 2 aromatic heterocycles. The lowest BCUT2D eigenvalue weighted by Gasteiger charge is -2.07. The number of rotatable bonds is 4. The van der Waals surface area contributed by atoms with Crippen molar-refractivity contribution < 1.29 is 4.79 Å². The molecule has 0 fully saturated rings. The Balaban J connectivity index is 1.71. The van der Waals surface area contributed by atoms with Crippen molar-refractivity contribution in [3.05, 3.63) is 70.8 Å². The number of halogens is 1.